The molecule has 9 heteroatoms. The van der Waals surface area contributed by atoms with E-state index in [1.54, 1.807) is 29.6 Å². The monoisotopic (exact) mass is 369 g/mol. The number of ether oxygens (including phenoxy) is 1. The van der Waals surface area contributed by atoms with Crippen molar-refractivity contribution in [3.63, 3.8) is 0 Å². The van der Waals surface area contributed by atoms with Crippen LogP contribution >= 0.6 is 15.9 Å². The molecule has 0 aromatic heterocycles. The zero-order valence-corrected chi connectivity index (χ0v) is 12.1. The van der Waals surface area contributed by atoms with Gasteiger partial charge in [0.15, 0.2) is 6.61 Å². The van der Waals surface area contributed by atoms with E-state index < -0.39 is 37.1 Å². The Kier molecular flexibility index (Phi) is 6.01. The molecule has 1 rings (SSSR count). The first-order valence-corrected chi connectivity index (χ1v) is 6.44. The van der Waals surface area contributed by atoms with E-state index in [2.05, 4.69) is 15.9 Å². The Labute approximate surface area is 126 Å². The first-order valence-electron chi connectivity index (χ1n) is 5.65. The number of benzene rings is 1. The quantitative estimate of drug-likeness (QED) is 0.806. The van der Waals surface area contributed by atoms with Gasteiger partial charge in [0.25, 0.3) is 5.91 Å². The zero-order chi connectivity index (χ0) is 16.0. The number of carboxylic acids is 1. The van der Waals surface area contributed by atoms with Crippen molar-refractivity contribution in [2.24, 2.45) is 0 Å². The van der Waals surface area contributed by atoms with Gasteiger partial charge in [-0.15, -0.1) is 0 Å². The minimum Gasteiger partial charge on any atom is -0.483 e. The van der Waals surface area contributed by atoms with Crippen LogP contribution in [0.2, 0.25) is 0 Å². The summed E-state index contributed by atoms with van der Waals surface area (Å²) in [6.45, 7) is -0.593. The van der Waals surface area contributed by atoms with Crippen LogP contribution in [0.1, 0.15) is 6.42 Å². The summed E-state index contributed by atoms with van der Waals surface area (Å²) in [6.07, 6.45) is -6.34. The molecule has 0 heterocycles. The van der Waals surface area contributed by atoms with Gasteiger partial charge in [-0.3, -0.25) is 4.79 Å². The summed E-state index contributed by atoms with van der Waals surface area (Å²) in [7, 11) is 0. The number of amides is 1. The van der Waals surface area contributed by atoms with Crippen molar-refractivity contribution in [2.45, 2.75) is 18.6 Å². The number of carbonyl (C=O) groups is 2. The molecule has 1 unspecified atom stereocenters. The summed E-state index contributed by atoms with van der Waals surface area (Å²) in [4.78, 5) is 22.1. The maximum atomic E-state index is 12.2. The SMILES string of the molecule is O=C(COc1ccccc1Br)NC(CC(F)(F)F)C(=O)O. The molecule has 0 aliphatic rings. The normalized spacial score (nSPS) is 12.6. The third kappa shape index (κ3) is 6.48. The van der Waals surface area contributed by atoms with Crippen LogP contribution in [0.25, 0.3) is 0 Å². The molecule has 5 nitrogen and oxygen atoms in total. The standard InChI is InChI=1S/C12H11BrF3NO4/c13-7-3-1-2-4-9(7)21-6-10(18)17-8(11(19)20)5-12(14,15)16/h1-4,8H,5-6H2,(H,17,18)(H,19,20). The summed E-state index contributed by atoms with van der Waals surface area (Å²) in [5.74, 6) is -2.40. The maximum Gasteiger partial charge on any atom is 0.391 e. The summed E-state index contributed by atoms with van der Waals surface area (Å²) in [5.41, 5.74) is 0. The molecule has 1 aromatic rings. The van der Waals surface area contributed by atoms with Gasteiger partial charge in [-0.2, -0.15) is 13.2 Å². The van der Waals surface area contributed by atoms with E-state index in [4.69, 9.17) is 9.84 Å². The van der Waals surface area contributed by atoms with Gasteiger partial charge in [0.2, 0.25) is 0 Å². The Balaban J connectivity index is 2.55. The van der Waals surface area contributed by atoms with Gasteiger partial charge >= 0.3 is 12.1 Å². The number of para-hydroxylation sites is 1. The van der Waals surface area contributed by atoms with Crippen LogP contribution in [0.4, 0.5) is 13.2 Å². The molecule has 0 bridgehead atoms. The van der Waals surface area contributed by atoms with E-state index in [0.29, 0.717) is 10.2 Å². The highest BCUT2D eigenvalue weighted by Gasteiger charge is 2.36. The minimum atomic E-state index is -4.69. The second-order valence-corrected chi connectivity index (χ2v) is 4.85. The van der Waals surface area contributed by atoms with Gasteiger partial charge in [0.1, 0.15) is 11.8 Å². The first-order chi connectivity index (χ1) is 9.69. The van der Waals surface area contributed by atoms with E-state index in [1.807, 2.05) is 0 Å². The zero-order valence-electron chi connectivity index (χ0n) is 10.5. The third-order valence-electron chi connectivity index (χ3n) is 2.26. The van der Waals surface area contributed by atoms with Crippen LogP contribution in [-0.4, -0.2) is 35.8 Å². The Morgan fingerprint density at radius 2 is 1.95 bits per heavy atom. The molecular weight excluding hydrogens is 359 g/mol. The fourth-order valence-electron chi connectivity index (χ4n) is 1.37. The number of carboxylic acid groups (broad SMARTS) is 1. The summed E-state index contributed by atoms with van der Waals surface area (Å²) in [6, 6.07) is 4.50. The van der Waals surface area contributed by atoms with Crippen molar-refractivity contribution in [3.05, 3.63) is 28.7 Å². The molecule has 0 fully saturated rings. The highest BCUT2D eigenvalue weighted by Crippen LogP contribution is 2.24. The van der Waals surface area contributed by atoms with Crippen molar-refractivity contribution >= 4 is 27.8 Å². The van der Waals surface area contributed by atoms with Gasteiger partial charge in [-0.1, -0.05) is 12.1 Å². The number of hydrogen-bond donors (Lipinski definition) is 2. The summed E-state index contributed by atoms with van der Waals surface area (Å²) < 4.78 is 42.1. The third-order valence-corrected chi connectivity index (χ3v) is 2.92. The number of aliphatic carboxylic acids is 1. The van der Waals surface area contributed by atoms with Crippen molar-refractivity contribution in [2.75, 3.05) is 6.61 Å². The molecule has 1 amide bonds. The second kappa shape index (κ2) is 7.30. The van der Waals surface area contributed by atoms with E-state index >= 15 is 0 Å². The highest BCUT2D eigenvalue weighted by atomic mass is 79.9. The van der Waals surface area contributed by atoms with E-state index in [-0.39, 0.29) is 0 Å². The van der Waals surface area contributed by atoms with Crippen LogP contribution in [-0.2, 0) is 9.59 Å². The summed E-state index contributed by atoms with van der Waals surface area (Å²) >= 11 is 3.16. The fourth-order valence-corrected chi connectivity index (χ4v) is 1.77. The number of rotatable bonds is 6. The first kappa shape index (κ1) is 17.3. The maximum absolute atomic E-state index is 12.2. The molecule has 0 aliphatic carbocycles. The highest BCUT2D eigenvalue weighted by molar-refractivity contribution is 9.10. The van der Waals surface area contributed by atoms with Gasteiger partial charge in [-0.05, 0) is 28.1 Å². The van der Waals surface area contributed by atoms with Crippen LogP contribution < -0.4 is 10.1 Å². The topological polar surface area (TPSA) is 75.6 Å². The lowest BCUT2D eigenvalue weighted by atomic mass is 10.2. The molecule has 1 aromatic carbocycles. The Bertz CT molecular complexity index is 521. The Morgan fingerprint density at radius 3 is 2.48 bits per heavy atom. The van der Waals surface area contributed by atoms with E-state index in [0.717, 1.165) is 0 Å². The number of halogens is 4. The lowest BCUT2D eigenvalue weighted by Gasteiger charge is -2.16. The molecule has 0 saturated carbocycles. The van der Waals surface area contributed by atoms with Crippen molar-refractivity contribution in [1.29, 1.82) is 0 Å². The van der Waals surface area contributed by atoms with Crippen LogP contribution in [0.3, 0.4) is 0 Å². The predicted molar refractivity (Wildman–Crippen MR) is 69.9 cm³/mol. The number of alkyl halides is 3. The second-order valence-electron chi connectivity index (χ2n) is 4.00. The van der Waals surface area contributed by atoms with Gasteiger partial charge < -0.3 is 15.2 Å². The van der Waals surface area contributed by atoms with Crippen LogP contribution in [0, 0.1) is 0 Å². The van der Waals surface area contributed by atoms with Gasteiger partial charge in [0, 0.05) is 0 Å². The average molecular weight is 370 g/mol. The lowest BCUT2D eigenvalue weighted by molar-refractivity contribution is -0.160. The number of carbonyl (C=O) groups excluding carboxylic acids is 1. The molecule has 2 N–H and O–H groups in total. The molecule has 0 aliphatic heterocycles. The molecule has 0 radical (unpaired) electrons. The van der Waals surface area contributed by atoms with Gasteiger partial charge in [-0.25, -0.2) is 4.79 Å². The molecular formula is C12H11BrF3NO4. The minimum absolute atomic E-state index is 0.315. The number of nitrogens with one attached hydrogen (secondary N) is 1. The molecule has 116 valence electrons. The van der Waals surface area contributed by atoms with Crippen molar-refractivity contribution in [1.82, 2.24) is 5.32 Å². The predicted octanol–water partition coefficient (Wildman–Crippen LogP) is 2.35. The van der Waals surface area contributed by atoms with E-state index in [9.17, 15) is 22.8 Å². The summed E-state index contributed by atoms with van der Waals surface area (Å²) in [5, 5.41) is 10.4. The Hall–Kier alpha value is -1.77. The smallest absolute Gasteiger partial charge is 0.391 e. The van der Waals surface area contributed by atoms with Crippen LogP contribution in [0.5, 0.6) is 5.75 Å². The fraction of sp³-hybridized carbons (Fsp3) is 0.333. The Morgan fingerprint density at radius 1 is 1.33 bits per heavy atom. The number of hydrogen-bond acceptors (Lipinski definition) is 3. The molecule has 0 spiro atoms. The molecule has 1 atom stereocenters. The van der Waals surface area contributed by atoms with Crippen molar-refractivity contribution in [3.8, 4) is 5.75 Å². The average Bonchev–Trinajstić information content (AvgIpc) is 2.35. The molecule has 21 heavy (non-hydrogen) atoms. The van der Waals surface area contributed by atoms with Gasteiger partial charge in [0.05, 0.1) is 10.9 Å². The lowest BCUT2D eigenvalue weighted by Crippen LogP contribution is -2.45. The molecule has 0 saturated heterocycles. The van der Waals surface area contributed by atoms with Crippen LogP contribution in [0.15, 0.2) is 28.7 Å². The van der Waals surface area contributed by atoms with E-state index in [1.165, 1.54) is 0 Å². The van der Waals surface area contributed by atoms with Crippen molar-refractivity contribution < 1.29 is 32.6 Å². The largest absolute Gasteiger partial charge is 0.483 e.